The zero-order chi connectivity index (χ0) is 14.2. The number of nitrogens with one attached hydrogen (secondary N) is 1. The van der Waals surface area contributed by atoms with Crippen molar-refractivity contribution in [1.82, 2.24) is 9.97 Å². The highest BCUT2D eigenvalue weighted by atomic mass is 35.5. The van der Waals surface area contributed by atoms with Crippen molar-refractivity contribution in [2.75, 3.05) is 5.32 Å². The summed E-state index contributed by atoms with van der Waals surface area (Å²) >= 11 is 7.96. The fourth-order valence-corrected chi connectivity index (χ4v) is 5.16. The van der Waals surface area contributed by atoms with Crippen LogP contribution in [0.1, 0.15) is 55.4 Å². The summed E-state index contributed by atoms with van der Waals surface area (Å²) in [5.41, 5.74) is 1.48. The third kappa shape index (κ3) is 2.64. The summed E-state index contributed by atoms with van der Waals surface area (Å²) in [5.74, 6) is 0.983. The number of hydrogen-bond acceptors (Lipinski definition) is 4. The predicted molar refractivity (Wildman–Crippen MR) is 89.6 cm³/mol. The maximum absolute atomic E-state index is 6.15. The van der Waals surface area contributed by atoms with Crippen molar-refractivity contribution in [1.29, 1.82) is 0 Å². The average molecular weight is 322 g/mol. The third-order valence-electron chi connectivity index (χ3n) is 4.73. The molecule has 1 saturated carbocycles. The Hall–Kier alpha value is -0.870. The van der Waals surface area contributed by atoms with Gasteiger partial charge in [0.2, 0.25) is 5.28 Å². The van der Waals surface area contributed by atoms with Gasteiger partial charge in [-0.25, -0.2) is 9.97 Å². The predicted octanol–water partition coefficient (Wildman–Crippen LogP) is 4.97. The van der Waals surface area contributed by atoms with Gasteiger partial charge in [-0.15, -0.1) is 11.3 Å². The standard InChI is InChI=1S/C16H20ClN3S/c17-16-19-14(18-10-6-2-1-3-7-10)13-11-8-4-5-9-12(11)21-15(13)20-16/h10H,1-9H2,(H,18,19,20). The molecule has 0 saturated heterocycles. The second kappa shape index (κ2) is 5.73. The zero-order valence-corrected chi connectivity index (χ0v) is 13.7. The molecular formula is C16H20ClN3S. The van der Waals surface area contributed by atoms with Gasteiger partial charge in [-0.3, -0.25) is 0 Å². The van der Waals surface area contributed by atoms with E-state index in [0.29, 0.717) is 11.3 Å². The molecule has 2 heterocycles. The molecule has 1 fully saturated rings. The molecule has 0 bridgehead atoms. The van der Waals surface area contributed by atoms with Gasteiger partial charge in [-0.2, -0.15) is 0 Å². The first kappa shape index (κ1) is 13.8. The number of nitrogens with zero attached hydrogens (tertiary/aromatic N) is 2. The zero-order valence-electron chi connectivity index (χ0n) is 12.1. The fraction of sp³-hybridized carbons (Fsp3) is 0.625. The van der Waals surface area contributed by atoms with Gasteiger partial charge in [-0.05, 0) is 55.7 Å². The molecule has 21 heavy (non-hydrogen) atoms. The normalized spacial score (nSPS) is 19.7. The summed E-state index contributed by atoms with van der Waals surface area (Å²) in [6.07, 6.45) is 11.4. The second-order valence-electron chi connectivity index (χ2n) is 6.21. The number of anilines is 1. The van der Waals surface area contributed by atoms with E-state index in [1.807, 2.05) is 11.3 Å². The van der Waals surface area contributed by atoms with Crippen LogP contribution in [0.5, 0.6) is 0 Å². The van der Waals surface area contributed by atoms with Crippen LogP contribution in [-0.4, -0.2) is 16.0 Å². The van der Waals surface area contributed by atoms with Crippen molar-refractivity contribution >= 4 is 39.0 Å². The highest BCUT2D eigenvalue weighted by molar-refractivity contribution is 7.19. The molecule has 0 spiro atoms. The molecule has 2 aliphatic carbocycles. The Morgan fingerprint density at radius 1 is 1.00 bits per heavy atom. The number of aryl methyl sites for hydroxylation is 2. The Labute approximate surface area is 134 Å². The summed E-state index contributed by atoms with van der Waals surface area (Å²) in [7, 11) is 0. The van der Waals surface area contributed by atoms with Crippen LogP contribution >= 0.6 is 22.9 Å². The maximum atomic E-state index is 6.15. The van der Waals surface area contributed by atoms with Crippen molar-refractivity contribution in [3.05, 3.63) is 15.7 Å². The Kier molecular flexibility index (Phi) is 3.76. The number of aromatic nitrogens is 2. The molecule has 3 nitrogen and oxygen atoms in total. The average Bonchev–Trinajstić information content (AvgIpc) is 2.86. The van der Waals surface area contributed by atoms with Crippen LogP contribution in [0.15, 0.2) is 0 Å². The van der Waals surface area contributed by atoms with Crippen molar-refractivity contribution in [2.24, 2.45) is 0 Å². The highest BCUT2D eigenvalue weighted by Crippen LogP contribution is 2.39. The number of hydrogen-bond donors (Lipinski definition) is 1. The number of rotatable bonds is 2. The Morgan fingerprint density at radius 2 is 1.81 bits per heavy atom. The third-order valence-corrected chi connectivity index (χ3v) is 6.09. The molecule has 2 aliphatic rings. The smallest absolute Gasteiger partial charge is 0.225 e. The van der Waals surface area contributed by atoms with Gasteiger partial charge >= 0.3 is 0 Å². The SMILES string of the molecule is Clc1nc(NC2CCCCC2)c2c3c(sc2n1)CCCC3. The molecule has 2 aromatic heterocycles. The summed E-state index contributed by atoms with van der Waals surface area (Å²) in [6.45, 7) is 0. The lowest BCUT2D eigenvalue weighted by atomic mass is 9.94. The van der Waals surface area contributed by atoms with Gasteiger partial charge in [0.15, 0.2) is 0 Å². The van der Waals surface area contributed by atoms with E-state index in [0.717, 1.165) is 10.6 Å². The van der Waals surface area contributed by atoms with E-state index in [1.54, 1.807) is 0 Å². The van der Waals surface area contributed by atoms with E-state index < -0.39 is 0 Å². The molecule has 0 aliphatic heterocycles. The molecule has 4 rings (SSSR count). The van der Waals surface area contributed by atoms with Gasteiger partial charge in [0, 0.05) is 10.9 Å². The van der Waals surface area contributed by atoms with Gasteiger partial charge in [0.25, 0.3) is 0 Å². The van der Waals surface area contributed by atoms with E-state index in [-0.39, 0.29) is 0 Å². The van der Waals surface area contributed by atoms with Crippen molar-refractivity contribution in [2.45, 2.75) is 63.8 Å². The van der Waals surface area contributed by atoms with Crippen LogP contribution in [0.2, 0.25) is 5.28 Å². The van der Waals surface area contributed by atoms with Crippen LogP contribution in [-0.2, 0) is 12.8 Å². The molecule has 0 amide bonds. The number of halogens is 1. The van der Waals surface area contributed by atoms with E-state index in [9.17, 15) is 0 Å². The first-order chi connectivity index (χ1) is 10.3. The number of thiophene rings is 1. The van der Waals surface area contributed by atoms with Crippen LogP contribution in [0.25, 0.3) is 10.2 Å². The molecule has 112 valence electrons. The fourth-order valence-electron chi connectivity index (χ4n) is 3.68. The Balaban J connectivity index is 1.77. The quantitative estimate of drug-likeness (QED) is 0.794. The molecule has 1 N–H and O–H groups in total. The van der Waals surface area contributed by atoms with E-state index in [4.69, 9.17) is 11.6 Å². The minimum absolute atomic E-state index is 0.374. The molecule has 5 heteroatoms. The largest absolute Gasteiger partial charge is 0.367 e. The van der Waals surface area contributed by atoms with Crippen molar-refractivity contribution in [3.8, 4) is 0 Å². The van der Waals surface area contributed by atoms with Crippen molar-refractivity contribution < 1.29 is 0 Å². The lowest BCUT2D eigenvalue weighted by molar-refractivity contribution is 0.462. The lowest BCUT2D eigenvalue weighted by Gasteiger charge is -2.24. The van der Waals surface area contributed by atoms with Crippen LogP contribution in [0, 0.1) is 0 Å². The molecule has 0 aromatic carbocycles. The van der Waals surface area contributed by atoms with E-state index in [1.165, 1.54) is 73.6 Å². The Morgan fingerprint density at radius 3 is 2.67 bits per heavy atom. The van der Waals surface area contributed by atoms with Crippen LogP contribution < -0.4 is 5.32 Å². The summed E-state index contributed by atoms with van der Waals surface area (Å²) in [4.78, 5) is 11.6. The first-order valence-electron chi connectivity index (χ1n) is 8.05. The van der Waals surface area contributed by atoms with Gasteiger partial charge in [0.05, 0.1) is 5.39 Å². The van der Waals surface area contributed by atoms with Gasteiger partial charge in [-0.1, -0.05) is 19.3 Å². The van der Waals surface area contributed by atoms with Crippen molar-refractivity contribution in [3.63, 3.8) is 0 Å². The van der Waals surface area contributed by atoms with Crippen LogP contribution in [0.3, 0.4) is 0 Å². The summed E-state index contributed by atoms with van der Waals surface area (Å²) in [5, 5.41) is 5.30. The molecule has 0 unspecified atom stereocenters. The molecule has 0 atom stereocenters. The monoisotopic (exact) mass is 321 g/mol. The topological polar surface area (TPSA) is 37.8 Å². The highest BCUT2D eigenvalue weighted by Gasteiger charge is 2.22. The maximum Gasteiger partial charge on any atom is 0.225 e. The van der Waals surface area contributed by atoms with Crippen LogP contribution in [0.4, 0.5) is 5.82 Å². The number of fused-ring (bicyclic) bond motifs is 3. The molecular weight excluding hydrogens is 302 g/mol. The summed E-state index contributed by atoms with van der Waals surface area (Å²) in [6, 6.07) is 0.548. The van der Waals surface area contributed by atoms with E-state index in [2.05, 4.69) is 15.3 Å². The minimum Gasteiger partial charge on any atom is -0.367 e. The van der Waals surface area contributed by atoms with Gasteiger partial charge < -0.3 is 5.32 Å². The lowest BCUT2D eigenvalue weighted by Crippen LogP contribution is -2.23. The molecule has 0 radical (unpaired) electrons. The second-order valence-corrected chi connectivity index (χ2v) is 7.63. The Bertz CT molecular complexity index is 661. The minimum atomic E-state index is 0.374. The molecule has 2 aromatic rings. The summed E-state index contributed by atoms with van der Waals surface area (Å²) < 4.78 is 0. The first-order valence-corrected chi connectivity index (χ1v) is 9.25. The van der Waals surface area contributed by atoms with Gasteiger partial charge in [0.1, 0.15) is 10.6 Å². The van der Waals surface area contributed by atoms with E-state index >= 15 is 0 Å².